The molecule has 0 fully saturated rings. The highest BCUT2D eigenvalue weighted by Crippen LogP contribution is 2.11. The van der Waals surface area contributed by atoms with E-state index in [1.54, 1.807) is 6.20 Å². The number of benzene rings is 1. The van der Waals surface area contributed by atoms with Gasteiger partial charge in [-0.1, -0.05) is 30.3 Å². The highest BCUT2D eigenvalue weighted by Gasteiger charge is 2.14. The van der Waals surface area contributed by atoms with Crippen LogP contribution in [-0.4, -0.2) is 17.6 Å². The van der Waals surface area contributed by atoms with Crippen molar-refractivity contribution in [3.63, 3.8) is 0 Å². The first-order valence-corrected chi connectivity index (χ1v) is 6.43. The molecule has 0 aliphatic rings. The Bertz CT molecular complexity index is 649. The van der Waals surface area contributed by atoms with Crippen molar-refractivity contribution in [1.82, 2.24) is 4.57 Å². The third-order valence-corrected chi connectivity index (χ3v) is 3.09. The molecule has 0 saturated carbocycles. The molecule has 0 amide bonds. The van der Waals surface area contributed by atoms with Crippen LogP contribution in [0.4, 0.5) is 0 Å². The molecule has 0 saturated heterocycles. The van der Waals surface area contributed by atoms with Crippen molar-refractivity contribution in [2.45, 2.75) is 6.54 Å². The van der Waals surface area contributed by atoms with Gasteiger partial charge in [0.15, 0.2) is 0 Å². The van der Waals surface area contributed by atoms with Gasteiger partial charge < -0.3 is 9.30 Å². The van der Waals surface area contributed by atoms with E-state index in [1.165, 1.54) is 17.7 Å². The lowest BCUT2D eigenvalue weighted by molar-refractivity contribution is 0.0598. The van der Waals surface area contributed by atoms with Crippen LogP contribution >= 0.6 is 15.9 Å². The Labute approximate surface area is 118 Å². The summed E-state index contributed by atoms with van der Waals surface area (Å²) in [6.45, 7) is 0.406. The second-order valence-electron chi connectivity index (χ2n) is 3.98. The van der Waals surface area contributed by atoms with Gasteiger partial charge in [-0.3, -0.25) is 4.79 Å². The van der Waals surface area contributed by atoms with E-state index in [-0.39, 0.29) is 11.1 Å². The zero-order chi connectivity index (χ0) is 13.8. The summed E-state index contributed by atoms with van der Waals surface area (Å²) in [6.07, 6.45) is 1.65. The van der Waals surface area contributed by atoms with E-state index in [9.17, 15) is 9.59 Å². The van der Waals surface area contributed by atoms with Crippen LogP contribution in [0.25, 0.3) is 0 Å². The number of hydrogen-bond donors (Lipinski definition) is 0. The number of pyridine rings is 1. The molecule has 1 aromatic carbocycles. The van der Waals surface area contributed by atoms with Gasteiger partial charge in [0.05, 0.1) is 13.7 Å². The molecule has 0 unspecified atom stereocenters. The summed E-state index contributed by atoms with van der Waals surface area (Å²) in [5.74, 6) is -0.631. The topological polar surface area (TPSA) is 48.3 Å². The summed E-state index contributed by atoms with van der Waals surface area (Å²) in [5, 5.41) is 0. The minimum atomic E-state index is -0.631. The molecule has 4 nitrogen and oxygen atoms in total. The Morgan fingerprint density at radius 1 is 1.32 bits per heavy atom. The lowest BCUT2D eigenvalue weighted by Crippen LogP contribution is -2.27. The van der Waals surface area contributed by atoms with Crippen LogP contribution in [0.1, 0.15) is 15.9 Å². The zero-order valence-electron chi connectivity index (χ0n) is 10.3. The monoisotopic (exact) mass is 321 g/mol. The average Bonchev–Trinajstić information content (AvgIpc) is 2.42. The fourth-order valence-corrected chi connectivity index (χ4v) is 2.23. The first-order valence-electron chi connectivity index (χ1n) is 5.64. The molecule has 0 atom stereocenters. The van der Waals surface area contributed by atoms with Crippen molar-refractivity contribution in [2.75, 3.05) is 7.11 Å². The van der Waals surface area contributed by atoms with E-state index >= 15 is 0 Å². The van der Waals surface area contributed by atoms with Crippen LogP contribution in [0.2, 0.25) is 0 Å². The maximum atomic E-state index is 12.2. The molecule has 0 aliphatic heterocycles. The number of methoxy groups -OCH3 is 1. The Hall–Kier alpha value is -1.88. The van der Waals surface area contributed by atoms with Gasteiger partial charge in [-0.2, -0.15) is 0 Å². The molecular formula is C14H12BrNO3. The number of nitrogens with zero attached hydrogens (tertiary/aromatic N) is 1. The molecule has 0 spiro atoms. The summed E-state index contributed by atoms with van der Waals surface area (Å²) in [4.78, 5) is 23.7. The van der Waals surface area contributed by atoms with Crippen LogP contribution in [0.15, 0.2) is 51.9 Å². The highest BCUT2D eigenvalue weighted by molar-refractivity contribution is 9.10. The minimum Gasteiger partial charge on any atom is -0.465 e. The van der Waals surface area contributed by atoms with Gasteiger partial charge in [0.25, 0.3) is 5.56 Å². The number of hydrogen-bond acceptors (Lipinski definition) is 3. The summed E-state index contributed by atoms with van der Waals surface area (Å²) in [5.41, 5.74) is 0.644. The van der Waals surface area contributed by atoms with Gasteiger partial charge >= 0.3 is 5.97 Å². The van der Waals surface area contributed by atoms with E-state index in [1.807, 2.05) is 30.3 Å². The van der Waals surface area contributed by atoms with Gasteiger partial charge in [0, 0.05) is 10.7 Å². The number of ether oxygens (including phenoxy) is 1. The number of carbonyl (C=O) groups excluding carboxylic acids is 1. The van der Waals surface area contributed by atoms with Crippen molar-refractivity contribution < 1.29 is 9.53 Å². The molecule has 2 rings (SSSR count). The average molecular weight is 322 g/mol. The van der Waals surface area contributed by atoms with Gasteiger partial charge in [-0.25, -0.2) is 4.79 Å². The van der Waals surface area contributed by atoms with Crippen LogP contribution in [-0.2, 0) is 11.3 Å². The molecule has 2 aromatic rings. The lowest BCUT2D eigenvalue weighted by Gasteiger charge is -2.08. The summed E-state index contributed by atoms with van der Waals surface area (Å²) in [6, 6.07) is 11.0. The van der Waals surface area contributed by atoms with Crippen molar-refractivity contribution in [2.24, 2.45) is 0 Å². The van der Waals surface area contributed by atoms with Crippen molar-refractivity contribution in [1.29, 1.82) is 0 Å². The smallest absolute Gasteiger partial charge is 0.343 e. The number of esters is 1. The molecule has 0 bridgehead atoms. The van der Waals surface area contributed by atoms with E-state index in [2.05, 4.69) is 20.7 Å². The van der Waals surface area contributed by atoms with Crippen LogP contribution in [0.5, 0.6) is 0 Å². The van der Waals surface area contributed by atoms with Crippen LogP contribution < -0.4 is 5.56 Å². The maximum absolute atomic E-state index is 12.2. The molecule has 0 aliphatic carbocycles. The number of aromatic nitrogens is 1. The number of carbonyl (C=O) groups is 1. The molecule has 0 radical (unpaired) electrons. The molecule has 0 N–H and O–H groups in total. The third-order valence-electron chi connectivity index (χ3n) is 2.65. The van der Waals surface area contributed by atoms with E-state index in [0.717, 1.165) is 5.56 Å². The summed E-state index contributed by atoms with van der Waals surface area (Å²) < 4.78 is 6.74. The Balaban J connectivity index is 2.44. The summed E-state index contributed by atoms with van der Waals surface area (Å²) in [7, 11) is 1.25. The maximum Gasteiger partial charge on any atom is 0.343 e. The Morgan fingerprint density at radius 2 is 2.00 bits per heavy atom. The SMILES string of the molecule is COC(=O)c1cc(Br)cn(Cc2ccccc2)c1=O. The van der Waals surface area contributed by atoms with E-state index in [4.69, 9.17) is 0 Å². The van der Waals surface area contributed by atoms with Crippen molar-refractivity contribution >= 4 is 21.9 Å². The second-order valence-corrected chi connectivity index (χ2v) is 4.90. The molecule has 1 heterocycles. The zero-order valence-corrected chi connectivity index (χ0v) is 11.9. The van der Waals surface area contributed by atoms with Crippen LogP contribution in [0, 0.1) is 0 Å². The Morgan fingerprint density at radius 3 is 2.63 bits per heavy atom. The molecule has 98 valence electrons. The van der Waals surface area contributed by atoms with E-state index < -0.39 is 5.97 Å². The van der Waals surface area contributed by atoms with Crippen LogP contribution in [0.3, 0.4) is 0 Å². The predicted molar refractivity (Wildman–Crippen MR) is 75.3 cm³/mol. The molecule has 5 heteroatoms. The van der Waals surface area contributed by atoms with Gasteiger partial charge in [0.1, 0.15) is 5.56 Å². The molecule has 19 heavy (non-hydrogen) atoms. The first kappa shape index (κ1) is 13.5. The minimum absolute atomic E-state index is 0.0211. The van der Waals surface area contributed by atoms with E-state index in [0.29, 0.717) is 11.0 Å². The van der Waals surface area contributed by atoms with Crippen molar-refractivity contribution in [3.05, 3.63) is 68.5 Å². The molecular weight excluding hydrogens is 310 g/mol. The Kier molecular flexibility index (Phi) is 4.16. The number of halogens is 1. The van der Waals surface area contributed by atoms with Gasteiger partial charge in [0.2, 0.25) is 0 Å². The lowest BCUT2D eigenvalue weighted by atomic mass is 10.2. The largest absolute Gasteiger partial charge is 0.465 e. The van der Waals surface area contributed by atoms with Gasteiger partial charge in [-0.15, -0.1) is 0 Å². The molecule has 1 aromatic heterocycles. The second kappa shape index (κ2) is 5.84. The third kappa shape index (κ3) is 3.12. The fourth-order valence-electron chi connectivity index (χ4n) is 1.75. The fraction of sp³-hybridized carbons (Fsp3) is 0.143. The predicted octanol–water partition coefficient (Wildman–Crippen LogP) is 2.45. The van der Waals surface area contributed by atoms with Crippen molar-refractivity contribution in [3.8, 4) is 0 Å². The van der Waals surface area contributed by atoms with Gasteiger partial charge in [-0.05, 0) is 27.6 Å². The normalized spacial score (nSPS) is 10.2. The summed E-state index contributed by atoms with van der Waals surface area (Å²) >= 11 is 3.29. The first-order chi connectivity index (χ1) is 9.11. The standard InChI is InChI=1S/C14H12BrNO3/c1-19-14(18)12-7-11(15)9-16(13(12)17)8-10-5-3-2-4-6-10/h2-7,9H,8H2,1H3. The highest BCUT2D eigenvalue weighted by atomic mass is 79.9. The number of rotatable bonds is 3. The quantitative estimate of drug-likeness (QED) is 0.816.